The van der Waals surface area contributed by atoms with Gasteiger partial charge in [0.05, 0.1) is 6.04 Å². The van der Waals surface area contributed by atoms with E-state index in [1.165, 1.54) is 12.1 Å². The summed E-state index contributed by atoms with van der Waals surface area (Å²) in [5, 5.41) is 12.2. The maximum Gasteiger partial charge on any atom is 0.251 e. The zero-order valence-electron chi connectivity index (χ0n) is 10.00. The summed E-state index contributed by atoms with van der Waals surface area (Å²) < 4.78 is 0. The summed E-state index contributed by atoms with van der Waals surface area (Å²) >= 11 is 0. The molecular weight excluding hydrogens is 228 g/mol. The van der Waals surface area contributed by atoms with Gasteiger partial charge in [-0.1, -0.05) is 6.07 Å². The van der Waals surface area contributed by atoms with Gasteiger partial charge in [-0.2, -0.15) is 0 Å². The fourth-order valence-electron chi connectivity index (χ4n) is 1.66. The van der Waals surface area contributed by atoms with Crippen LogP contribution in [0.4, 0.5) is 0 Å². The molecule has 1 atom stereocenters. The van der Waals surface area contributed by atoms with E-state index in [0.29, 0.717) is 5.56 Å². The third kappa shape index (κ3) is 2.85. The molecule has 1 aromatic heterocycles. The summed E-state index contributed by atoms with van der Waals surface area (Å²) in [7, 11) is 0. The molecule has 0 bridgehead atoms. The van der Waals surface area contributed by atoms with Crippen LogP contribution in [-0.4, -0.2) is 16.0 Å². The van der Waals surface area contributed by atoms with Gasteiger partial charge in [0, 0.05) is 18.0 Å². The highest BCUT2D eigenvalue weighted by Crippen LogP contribution is 2.14. The number of hydrogen-bond donors (Lipinski definition) is 2. The van der Waals surface area contributed by atoms with Crippen LogP contribution in [0.5, 0.6) is 5.75 Å². The molecule has 1 heterocycles. The number of carbonyl (C=O) groups excluding carboxylic acids is 1. The van der Waals surface area contributed by atoms with E-state index in [0.717, 1.165) is 5.56 Å². The molecule has 1 unspecified atom stereocenters. The Morgan fingerprint density at radius 1 is 1.28 bits per heavy atom. The highest BCUT2D eigenvalue weighted by atomic mass is 16.3. The predicted octanol–water partition coefficient (Wildman–Crippen LogP) is 2.28. The molecule has 0 saturated heterocycles. The molecule has 0 saturated carbocycles. The molecular formula is C14H14N2O2. The van der Waals surface area contributed by atoms with Crippen LogP contribution in [0, 0.1) is 0 Å². The summed E-state index contributed by atoms with van der Waals surface area (Å²) in [6.07, 6.45) is 3.37. The number of rotatable bonds is 3. The molecule has 1 amide bonds. The Morgan fingerprint density at radius 2 is 2.00 bits per heavy atom. The van der Waals surface area contributed by atoms with Crippen LogP contribution in [0.2, 0.25) is 0 Å². The van der Waals surface area contributed by atoms with E-state index in [2.05, 4.69) is 10.3 Å². The van der Waals surface area contributed by atoms with Crippen molar-refractivity contribution in [2.45, 2.75) is 13.0 Å². The molecule has 2 rings (SSSR count). The highest BCUT2D eigenvalue weighted by molar-refractivity contribution is 5.94. The van der Waals surface area contributed by atoms with Crippen LogP contribution in [0.1, 0.15) is 28.9 Å². The number of amides is 1. The maximum atomic E-state index is 11.9. The fraction of sp³-hybridized carbons (Fsp3) is 0.143. The monoisotopic (exact) mass is 242 g/mol. The Kier molecular flexibility index (Phi) is 3.57. The van der Waals surface area contributed by atoms with Crippen molar-refractivity contribution in [3.63, 3.8) is 0 Å². The maximum absolute atomic E-state index is 11.9. The Balaban J connectivity index is 2.08. The SMILES string of the molecule is CC(NC(=O)c1cccc(O)c1)c1ccncc1. The molecule has 92 valence electrons. The standard InChI is InChI=1S/C14H14N2O2/c1-10(11-5-7-15-8-6-11)16-14(18)12-3-2-4-13(17)9-12/h2-10,17H,1H3,(H,16,18). The molecule has 2 aromatic rings. The van der Waals surface area contributed by atoms with Gasteiger partial charge in [-0.3, -0.25) is 9.78 Å². The first kappa shape index (κ1) is 12.1. The van der Waals surface area contributed by atoms with E-state index in [-0.39, 0.29) is 17.7 Å². The van der Waals surface area contributed by atoms with Gasteiger partial charge in [0.15, 0.2) is 0 Å². The number of hydrogen-bond acceptors (Lipinski definition) is 3. The van der Waals surface area contributed by atoms with E-state index < -0.39 is 0 Å². The molecule has 0 spiro atoms. The minimum Gasteiger partial charge on any atom is -0.508 e. The van der Waals surface area contributed by atoms with Crippen LogP contribution in [0.15, 0.2) is 48.8 Å². The van der Waals surface area contributed by atoms with Crippen LogP contribution in [-0.2, 0) is 0 Å². The fourth-order valence-corrected chi connectivity index (χ4v) is 1.66. The molecule has 2 N–H and O–H groups in total. The minimum absolute atomic E-state index is 0.0826. The van der Waals surface area contributed by atoms with E-state index in [4.69, 9.17) is 0 Å². The smallest absolute Gasteiger partial charge is 0.251 e. The summed E-state index contributed by atoms with van der Waals surface area (Å²) in [4.78, 5) is 15.9. The summed E-state index contributed by atoms with van der Waals surface area (Å²) in [6, 6.07) is 9.87. The molecule has 4 heteroatoms. The van der Waals surface area contributed by atoms with Gasteiger partial charge in [0.25, 0.3) is 5.91 Å². The quantitative estimate of drug-likeness (QED) is 0.868. The molecule has 0 aliphatic heterocycles. The molecule has 1 aromatic carbocycles. The van der Waals surface area contributed by atoms with Gasteiger partial charge in [0.1, 0.15) is 5.75 Å². The number of aromatic nitrogens is 1. The third-order valence-corrected chi connectivity index (χ3v) is 2.66. The van der Waals surface area contributed by atoms with Crippen LogP contribution >= 0.6 is 0 Å². The van der Waals surface area contributed by atoms with Crippen molar-refractivity contribution in [1.82, 2.24) is 10.3 Å². The van der Waals surface area contributed by atoms with Gasteiger partial charge in [0.2, 0.25) is 0 Å². The Morgan fingerprint density at radius 3 is 2.67 bits per heavy atom. The van der Waals surface area contributed by atoms with Crippen molar-refractivity contribution < 1.29 is 9.90 Å². The van der Waals surface area contributed by atoms with Gasteiger partial charge in [-0.25, -0.2) is 0 Å². The molecule has 0 aliphatic carbocycles. The van der Waals surface area contributed by atoms with Crippen LogP contribution in [0.25, 0.3) is 0 Å². The number of nitrogens with zero attached hydrogens (tertiary/aromatic N) is 1. The molecule has 0 fully saturated rings. The highest BCUT2D eigenvalue weighted by Gasteiger charge is 2.11. The van der Waals surface area contributed by atoms with Crippen molar-refractivity contribution in [2.75, 3.05) is 0 Å². The second-order valence-corrected chi connectivity index (χ2v) is 4.03. The molecule has 0 radical (unpaired) electrons. The van der Waals surface area contributed by atoms with Crippen molar-refractivity contribution in [3.05, 3.63) is 59.9 Å². The van der Waals surface area contributed by atoms with Gasteiger partial charge in [-0.05, 0) is 42.8 Å². The molecule has 4 nitrogen and oxygen atoms in total. The van der Waals surface area contributed by atoms with Crippen molar-refractivity contribution in [1.29, 1.82) is 0 Å². The Labute approximate surface area is 105 Å². The van der Waals surface area contributed by atoms with Crippen molar-refractivity contribution in [3.8, 4) is 5.75 Å². The number of benzene rings is 1. The van der Waals surface area contributed by atoms with E-state index in [1.54, 1.807) is 24.5 Å². The number of pyridine rings is 1. The average molecular weight is 242 g/mol. The number of nitrogens with one attached hydrogen (secondary N) is 1. The number of phenols is 1. The largest absolute Gasteiger partial charge is 0.508 e. The predicted molar refractivity (Wildman–Crippen MR) is 68.2 cm³/mol. The molecule has 18 heavy (non-hydrogen) atoms. The Hall–Kier alpha value is -2.36. The lowest BCUT2D eigenvalue weighted by Gasteiger charge is -2.14. The third-order valence-electron chi connectivity index (χ3n) is 2.66. The second kappa shape index (κ2) is 5.31. The van der Waals surface area contributed by atoms with E-state index in [9.17, 15) is 9.90 Å². The first-order valence-corrected chi connectivity index (χ1v) is 5.66. The summed E-state index contributed by atoms with van der Waals surface area (Å²) in [5.74, 6) is -0.130. The molecule has 0 aliphatic rings. The van der Waals surface area contributed by atoms with Crippen LogP contribution < -0.4 is 5.32 Å². The normalized spacial score (nSPS) is 11.8. The summed E-state index contributed by atoms with van der Waals surface area (Å²) in [5.41, 5.74) is 1.43. The van der Waals surface area contributed by atoms with E-state index in [1.807, 2.05) is 19.1 Å². The zero-order chi connectivity index (χ0) is 13.0. The van der Waals surface area contributed by atoms with Crippen molar-refractivity contribution >= 4 is 5.91 Å². The van der Waals surface area contributed by atoms with Gasteiger partial charge < -0.3 is 10.4 Å². The first-order valence-electron chi connectivity index (χ1n) is 5.66. The topological polar surface area (TPSA) is 62.2 Å². The minimum atomic E-state index is -0.213. The first-order chi connectivity index (χ1) is 8.66. The summed E-state index contributed by atoms with van der Waals surface area (Å²) in [6.45, 7) is 1.90. The number of aromatic hydroxyl groups is 1. The zero-order valence-corrected chi connectivity index (χ0v) is 10.00. The number of carbonyl (C=O) groups is 1. The second-order valence-electron chi connectivity index (χ2n) is 4.03. The average Bonchev–Trinajstić information content (AvgIpc) is 2.39. The van der Waals surface area contributed by atoms with Crippen LogP contribution in [0.3, 0.4) is 0 Å². The van der Waals surface area contributed by atoms with Gasteiger partial charge >= 0.3 is 0 Å². The van der Waals surface area contributed by atoms with E-state index >= 15 is 0 Å². The van der Waals surface area contributed by atoms with Crippen molar-refractivity contribution in [2.24, 2.45) is 0 Å². The lowest BCUT2D eigenvalue weighted by atomic mass is 10.1. The number of phenolic OH excluding ortho intramolecular Hbond substituents is 1. The lowest BCUT2D eigenvalue weighted by molar-refractivity contribution is 0.0939. The van der Waals surface area contributed by atoms with Gasteiger partial charge in [-0.15, -0.1) is 0 Å². The Bertz CT molecular complexity index is 541. The lowest BCUT2D eigenvalue weighted by Crippen LogP contribution is -2.26.